The molecule has 1 aromatic carbocycles. The van der Waals surface area contributed by atoms with E-state index in [-0.39, 0.29) is 16.6 Å². The summed E-state index contributed by atoms with van der Waals surface area (Å²) in [7, 11) is 0. The van der Waals surface area contributed by atoms with Gasteiger partial charge in [-0.25, -0.2) is 9.18 Å². The second kappa shape index (κ2) is 4.65. The Morgan fingerprint density at radius 2 is 1.95 bits per heavy atom. The molecule has 4 heteroatoms. The first kappa shape index (κ1) is 14.2. The minimum atomic E-state index is -0.535. The molecule has 2 fully saturated rings. The van der Waals surface area contributed by atoms with Crippen molar-refractivity contribution in [3.8, 4) is 0 Å². The lowest BCUT2D eigenvalue weighted by atomic mass is 9.70. The van der Waals surface area contributed by atoms with E-state index in [1.807, 2.05) is 0 Å². The molecule has 0 aliphatic heterocycles. The molecule has 0 N–H and O–H groups in total. The van der Waals surface area contributed by atoms with Gasteiger partial charge in [-0.1, -0.05) is 25.9 Å². The van der Waals surface area contributed by atoms with Gasteiger partial charge in [0, 0.05) is 5.41 Å². The summed E-state index contributed by atoms with van der Waals surface area (Å²) in [5.74, 6) is -0.294. The maximum atomic E-state index is 12.8. The van der Waals surface area contributed by atoms with Gasteiger partial charge >= 0.3 is 5.97 Å². The van der Waals surface area contributed by atoms with Crippen LogP contribution in [0.25, 0.3) is 0 Å². The summed E-state index contributed by atoms with van der Waals surface area (Å²) < 4.78 is 12.8. The molecule has 0 aromatic heterocycles. The van der Waals surface area contributed by atoms with E-state index in [1.165, 1.54) is 30.7 Å². The summed E-state index contributed by atoms with van der Waals surface area (Å²) in [6.07, 6.45) is 3.21. The summed E-state index contributed by atoms with van der Waals surface area (Å²) >= 11 is 0. The summed E-state index contributed by atoms with van der Waals surface area (Å²) in [5, 5.41) is 4.15. The van der Waals surface area contributed by atoms with Crippen LogP contribution in [0, 0.1) is 22.6 Å². The van der Waals surface area contributed by atoms with Crippen LogP contribution in [0.4, 0.5) is 4.39 Å². The SMILES string of the molecule is CC1(C)[C@@H]2CC[C@]1(C)/C(=N\OC(=O)c1ccc(F)cc1)C2. The monoisotopic (exact) mass is 289 g/mol. The van der Waals surface area contributed by atoms with Gasteiger partial charge in [0.2, 0.25) is 0 Å². The van der Waals surface area contributed by atoms with Crippen molar-refractivity contribution < 1.29 is 14.0 Å². The van der Waals surface area contributed by atoms with Crippen molar-refractivity contribution in [2.75, 3.05) is 0 Å². The highest BCUT2D eigenvalue weighted by atomic mass is 19.1. The normalized spacial score (nSPS) is 31.6. The van der Waals surface area contributed by atoms with Crippen LogP contribution in [0.15, 0.2) is 29.4 Å². The van der Waals surface area contributed by atoms with Crippen LogP contribution in [-0.4, -0.2) is 11.7 Å². The van der Waals surface area contributed by atoms with Crippen LogP contribution in [-0.2, 0) is 4.84 Å². The third kappa shape index (κ3) is 2.08. The molecule has 21 heavy (non-hydrogen) atoms. The molecule has 0 unspecified atom stereocenters. The summed E-state index contributed by atoms with van der Waals surface area (Å²) in [4.78, 5) is 17.0. The smallest absolute Gasteiger partial charge is 0.313 e. The fourth-order valence-corrected chi connectivity index (χ4v) is 3.80. The lowest BCUT2D eigenvalue weighted by Gasteiger charge is -2.34. The van der Waals surface area contributed by atoms with E-state index in [0.717, 1.165) is 18.6 Å². The molecule has 2 aliphatic rings. The Hall–Kier alpha value is -1.71. The first-order valence-corrected chi connectivity index (χ1v) is 7.39. The molecule has 2 aliphatic carbocycles. The quantitative estimate of drug-likeness (QED) is 0.605. The number of carbonyl (C=O) groups is 1. The van der Waals surface area contributed by atoms with Crippen molar-refractivity contribution in [1.82, 2.24) is 0 Å². The molecule has 2 atom stereocenters. The predicted octanol–water partition coefficient (Wildman–Crippen LogP) is 4.18. The third-order valence-electron chi connectivity index (χ3n) is 5.83. The van der Waals surface area contributed by atoms with E-state index in [2.05, 4.69) is 25.9 Å². The van der Waals surface area contributed by atoms with Crippen LogP contribution in [0.3, 0.4) is 0 Å². The number of carbonyl (C=O) groups excluding carboxylic acids is 1. The number of nitrogens with zero attached hydrogens (tertiary/aromatic N) is 1. The van der Waals surface area contributed by atoms with Crippen LogP contribution < -0.4 is 0 Å². The Morgan fingerprint density at radius 3 is 2.48 bits per heavy atom. The fourth-order valence-electron chi connectivity index (χ4n) is 3.80. The average Bonchev–Trinajstić information content (AvgIpc) is 2.78. The van der Waals surface area contributed by atoms with Crippen molar-refractivity contribution in [1.29, 1.82) is 0 Å². The second-order valence-electron chi connectivity index (χ2n) is 6.92. The van der Waals surface area contributed by atoms with E-state index in [0.29, 0.717) is 11.5 Å². The molecule has 3 rings (SSSR count). The number of oxime groups is 1. The summed E-state index contributed by atoms with van der Waals surface area (Å²) in [5.41, 5.74) is 1.52. The number of benzene rings is 1. The molecule has 1 aromatic rings. The molecule has 2 saturated carbocycles. The van der Waals surface area contributed by atoms with Gasteiger partial charge in [0.05, 0.1) is 11.3 Å². The van der Waals surface area contributed by atoms with Gasteiger partial charge in [-0.3, -0.25) is 0 Å². The predicted molar refractivity (Wildman–Crippen MR) is 78.5 cm³/mol. The average molecular weight is 289 g/mol. The van der Waals surface area contributed by atoms with E-state index in [9.17, 15) is 9.18 Å². The van der Waals surface area contributed by atoms with Crippen molar-refractivity contribution in [2.45, 2.75) is 40.0 Å². The third-order valence-corrected chi connectivity index (χ3v) is 5.83. The lowest BCUT2D eigenvalue weighted by Crippen LogP contribution is -2.32. The largest absolute Gasteiger partial charge is 0.365 e. The minimum Gasteiger partial charge on any atom is -0.313 e. The van der Waals surface area contributed by atoms with Crippen LogP contribution in [0.2, 0.25) is 0 Å². The van der Waals surface area contributed by atoms with E-state index >= 15 is 0 Å². The van der Waals surface area contributed by atoms with Gasteiger partial charge in [-0.2, -0.15) is 0 Å². The van der Waals surface area contributed by atoms with Crippen molar-refractivity contribution in [2.24, 2.45) is 21.9 Å². The van der Waals surface area contributed by atoms with Crippen LogP contribution in [0.5, 0.6) is 0 Å². The molecule has 2 bridgehead atoms. The Bertz CT molecular complexity index is 606. The highest BCUT2D eigenvalue weighted by Crippen LogP contribution is 2.63. The molecular formula is C17H20FNO2. The van der Waals surface area contributed by atoms with Crippen molar-refractivity contribution in [3.63, 3.8) is 0 Å². The Kier molecular flexibility index (Phi) is 3.15. The molecule has 0 radical (unpaired) electrons. The molecule has 112 valence electrons. The Labute approximate surface area is 124 Å². The molecule has 0 heterocycles. The maximum absolute atomic E-state index is 12.8. The van der Waals surface area contributed by atoms with E-state index in [1.54, 1.807) is 0 Å². The maximum Gasteiger partial charge on any atom is 0.365 e. The fraction of sp³-hybridized carbons (Fsp3) is 0.529. The summed E-state index contributed by atoms with van der Waals surface area (Å²) in [6.45, 7) is 6.76. The molecule has 3 nitrogen and oxygen atoms in total. The van der Waals surface area contributed by atoms with Gasteiger partial charge in [0.25, 0.3) is 0 Å². The number of hydrogen-bond donors (Lipinski definition) is 0. The zero-order valence-electron chi connectivity index (χ0n) is 12.6. The zero-order valence-corrected chi connectivity index (χ0v) is 12.6. The topological polar surface area (TPSA) is 38.7 Å². The standard InChI is InChI=1S/C17H20FNO2/c1-16(2)12-8-9-17(16,3)14(10-12)19-21-15(20)11-4-6-13(18)7-5-11/h4-7,12H,8-10H2,1-3H3/b19-14-/t12-,17-/m1/s1. The van der Waals surface area contributed by atoms with Crippen LogP contribution in [0.1, 0.15) is 50.4 Å². The van der Waals surface area contributed by atoms with E-state index < -0.39 is 5.97 Å². The van der Waals surface area contributed by atoms with Crippen molar-refractivity contribution in [3.05, 3.63) is 35.6 Å². The van der Waals surface area contributed by atoms with E-state index in [4.69, 9.17) is 4.84 Å². The highest BCUT2D eigenvalue weighted by Gasteiger charge is 2.60. The molecular weight excluding hydrogens is 269 g/mol. The highest BCUT2D eigenvalue weighted by molar-refractivity contribution is 5.95. The Balaban J connectivity index is 1.76. The first-order chi connectivity index (χ1) is 9.84. The van der Waals surface area contributed by atoms with Crippen LogP contribution >= 0.6 is 0 Å². The number of fused-ring (bicyclic) bond motifs is 2. The van der Waals surface area contributed by atoms with Gasteiger partial charge in [-0.05, 0) is 54.9 Å². The van der Waals surface area contributed by atoms with Gasteiger partial charge in [0.15, 0.2) is 0 Å². The second-order valence-corrected chi connectivity index (χ2v) is 6.92. The summed E-state index contributed by atoms with van der Waals surface area (Å²) in [6, 6.07) is 5.30. The zero-order chi connectivity index (χ0) is 15.3. The number of hydrogen-bond acceptors (Lipinski definition) is 3. The molecule has 0 spiro atoms. The van der Waals surface area contributed by atoms with Gasteiger partial charge in [0.1, 0.15) is 5.82 Å². The number of halogens is 1. The van der Waals surface area contributed by atoms with Crippen molar-refractivity contribution >= 4 is 11.7 Å². The molecule has 0 amide bonds. The first-order valence-electron chi connectivity index (χ1n) is 7.39. The number of rotatable bonds is 2. The van der Waals surface area contributed by atoms with Gasteiger partial charge in [-0.15, -0.1) is 0 Å². The van der Waals surface area contributed by atoms with Gasteiger partial charge < -0.3 is 4.84 Å². The Morgan fingerprint density at radius 1 is 1.29 bits per heavy atom. The molecule has 0 saturated heterocycles. The lowest BCUT2D eigenvalue weighted by molar-refractivity contribution is 0.0508. The minimum absolute atomic E-state index is 0.0146.